The highest BCUT2D eigenvalue weighted by Crippen LogP contribution is 2.46. The Morgan fingerprint density at radius 3 is 2.57 bits per heavy atom. The number of ether oxygens (including phenoxy) is 3. The smallest absolute Gasteiger partial charge is 0.292 e. The lowest BCUT2D eigenvalue weighted by molar-refractivity contribution is -0.256. The van der Waals surface area contributed by atoms with E-state index in [0.29, 0.717) is 19.8 Å². The van der Waals surface area contributed by atoms with Gasteiger partial charge in [0.15, 0.2) is 0 Å². The van der Waals surface area contributed by atoms with Gasteiger partial charge in [-0.3, -0.25) is 4.79 Å². The molecular formula is C24H28BrNO4. The molecule has 2 heterocycles. The maximum Gasteiger partial charge on any atom is 0.292 e. The Balaban J connectivity index is 1.47. The van der Waals surface area contributed by atoms with Crippen molar-refractivity contribution in [2.45, 2.75) is 51.4 Å². The molecule has 5 nitrogen and oxygen atoms in total. The lowest BCUT2D eigenvalue weighted by Crippen LogP contribution is -2.47. The van der Waals surface area contributed by atoms with E-state index >= 15 is 0 Å². The molecule has 0 aliphatic carbocycles. The van der Waals surface area contributed by atoms with Gasteiger partial charge in [0.25, 0.3) is 11.7 Å². The molecule has 2 aliphatic heterocycles. The summed E-state index contributed by atoms with van der Waals surface area (Å²) in [5, 5.41) is 0. The molecule has 0 bridgehead atoms. The Kier molecular flexibility index (Phi) is 6.76. The first-order valence-electron chi connectivity index (χ1n) is 10.8. The van der Waals surface area contributed by atoms with Gasteiger partial charge in [0.05, 0.1) is 32.1 Å². The summed E-state index contributed by atoms with van der Waals surface area (Å²) in [5.74, 6) is -0.617. The van der Waals surface area contributed by atoms with Crippen LogP contribution in [0.4, 0.5) is 5.69 Å². The summed E-state index contributed by atoms with van der Waals surface area (Å²) in [7, 11) is 0. The number of anilines is 1. The molecule has 4 rings (SSSR count). The first-order chi connectivity index (χ1) is 14.6. The zero-order chi connectivity index (χ0) is 21.0. The van der Waals surface area contributed by atoms with Crippen molar-refractivity contribution in [3.05, 3.63) is 58.1 Å². The number of halogens is 1. The molecule has 0 saturated carbocycles. The second-order valence-electron chi connectivity index (χ2n) is 7.77. The van der Waals surface area contributed by atoms with Crippen LogP contribution >= 0.6 is 15.9 Å². The Hall–Kier alpha value is -1.89. The first-order valence-corrected chi connectivity index (χ1v) is 11.5. The predicted octanol–water partition coefficient (Wildman–Crippen LogP) is 5.54. The van der Waals surface area contributed by atoms with Crippen LogP contribution in [0.2, 0.25) is 0 Å². The van der Waals surface area contributed by atoms with Crippen LogP contribution in [0.15, 0.2) is 46.9 Å². The standard InChI is InChI=1S/C24H28BrNO4/c1-2-3-4-5-13-28-20-10-7-18(8-11-20)17-26-22-12-9-19(25)16-21(22)24(23(26)27)29-14-6-15-30-24/h7-12,16H,2-6,13-15,17H2,1H3. The molecule has 30 heavy (non-hydrogen) atoms. The molecular weight excluding hydrogens is 446 g/mol. The van der Waals surface area contributed by atoms with E-state index in [-0.39, 0.29) is 5.91 Å². The number of hydrogen-bond acceptors (Lipinski definition) is 4. The van der Waals surface area contributed by atoms with Crippen molar-refractivity contribution >= 4 is 27.5 Å². The molecule has 0 aromatic heterocycles. The van der Waals surface area contributed by atoms with Crippen LogP contribution in [-0.4, -0.2) is 25.7 Å². The van der Waals surface area contributed by atoms with Gasteiger partial charge in [0.2, 0.25) is 0 Å². The van der Waals surface area contributed by atoms with E-state index in [4.69, 9.17) is 14.2 Å². The monoisotopic (exact) mass is 473 g/mol. The van der Waals surface area contributed by atoms with Gasteiger partial charge >= 0.3 is 0 Å². The summed E-state index contributed by atoms with van der Waals surface area (Å²) in [4.78, 5) is 15.1. The largest absolute Gasteiger partial charge is 0.494 e. The minimum Gasteiger partial charge on any atom is -0.494 e. The summed E-state index contributed by atoms with van der Waals surface area (Å²) in [6, 6.07) is 13.8. The summed E-state index contributed by atoms with van der Waals surface area (Å²) in [5.41, 5.74) is 2.64. The van der Waals surface area contributed by atoms with Crippen LogP contribution in [0.25, 0.3) is 0 Å². The third-order valence-corrected chi connectivity index (χ3v) is 6.05. The molecule has 1 amide bonds. The summed E-state index contributed by atoms with van der Waals surface area (Å²) >= 11 is 3.51. The Morgan fingerprint density at radius 2 is 1.83 bits per heavy atom. The van der Waals surface area contributed by atoms with E-state index < -0.39 is 5.79 Å². The second-order valence-corrected chi connectivity index (χ2v) is 8.69. The van der Waals surface area contributed by atoms with E-state index in [1.807, 2.05) is 42.5 Å². The SMILES string of the molecule is CCCCCCOc1ccc(CN2C(=O)C3(OCCCO3)c3cc(Br)ccc32)cc1. The Morgan fingerprint density at radius 1 is 1.07 bits per heavy atom. The van der Waals surface area contributed by atoms with Crippen LogP contribution in [0.1, 0.15) is 50.2 Å². The van der Waals surface area contributed by atoms with Gasteiger partial charge < -0.3 is 19.1 Å². The zero-order valence-electron chi connectivity index (χ0n) is 17.4. The molecule has 0 N–H and O–H groups in total. The number of carbonyl (C=O) groups excluding carboxylic acids is 1. The predicted molar refractivity (Wildman–Crippen MR) is 120 cm³/mol. The maximum atomic E-state index is 13.4. The fraction of sp³-hybridized carbons (Fsp3) is 0.458. The minimum atomic E-state index is -1.32. The molecule has 1 saturated heterocycles. The molecule has 2 aliphatic rings. The van der Waals surface area contributed by atoms with Crippen LogP contribution in [0.3, 0.4) is 0 Å². The topological polar surface area (TPSA) is 48.0 Å². The molecule has 1 fully saturated rings. The van der Waals surface area contributed by atoms with Crippen LogP contribution in [0, 0.1) is 0 Å². The van der Waals surface area contributed by atoms with Crippen LogP contribution in [0.5, 0.6) is 5.75 Å². The highest BCUT2D eigenvalue weighted by molar-refractivity contribution is 9.10. The van der Waals surface area contributed by atoms with Gasteiger partial charge in [-0.15, -0.1) is 0 Å². The fourth-order valence-electron chi connectivity index (χ4n) is 3.97. The number of unbranched alkanes of at least 4 members (excludes halogenated alkanes) is 3. The van der Waals surface area contributed by atoms with E-state index in [9.17, 15) is 4.79 Å². The molecule has 0 unspecified atom stereocenters. The van der Waals surface area contributed by atoms with Crippen LogP contribution in [-0.2, 0) is 26.6 Å². The molecule has 6 heteroatoms. The quantitative estimate of drug-likeness (QED) is 0.471. The highest BCUT2D eigenvalue weighted by atomic mass is 79.9. The summed E-state index contributed by atoms with van der Waals surface area (Å²) in [6.45, 7) is 4.42. The minimum absolute atomic E-state index is 0.161. The molecule has 0 atom stereocenters. The second kappa shape index (κ2) is 9.50. The Labute approximate surface area is 186 Å². The lowest BCUT2D eigenvalue weighted by atomic mass is 10.1. The van der Waals surface area contributed by atoms with Crippen molar-refractivity contribution in [1.29, 1.82) is 0 Å². The molecule has 0 radical (unpaired) electrons. The zero-order valence-corrected chi connectivity index (χ0v) is 18.9. The van der Waals surface area contributed by atoms with Crippen molar-refractivity contribution in [1.82, 2.24) is 0 Å². The molecule has 2 aromatic carbocycles. The van der Waals surface area contributed by atoms with Gasteiger partial charge in [-0.1, -0.05) is 54.2 Å². The van der Waals surface area contributed by atoms with Crippen molar-refractivity contribution in [3.8, 4) is 5.75 Å². The van der Waals surface area contributed by atoms with Gasteiger partial charge in [-0.05, 0) is 48.7 Å². The number of rotatable bonds is 8. The van der Waals surface area contributed by atoms with Gasteiger partial charge in [-0.2, -0.15) is 0 Å². The van der Waals surface area contributed by atoms with E-state index in [0.717, 1.165) is 46.5 Å². The van der Waals surface area contributed by atoms with Crippen molar-refractivity contribution in [2.75, 3.05) is 24.7 Å². The number of amides is 1. The Bertz CT molecular complexity index is 877. The summed E-state index contributed by atoms with van der Waals surface area (Å²) < 4.78 is 18.6. The molecule has 1 spiro atoms. The number of hydrogen-bond donors (Lipinski definition) is 0. The average molecular weight is 474 g/mol. The summed E-state index contributed by atoms with van der Waals surface area (Å²) in [6.07, 6.45) is 5.54. The van der Waals surface area contributed by atoms with E-state index in [1.54, 1.807) is 4.90 Å². The lowest BCUT2D eigenvalue weighted by Gasteiger charge is -2.32. The van der Waals surface area contributed by atoms with Gasteiger partial charge in [0.1, 0.15) is 5.75 Å². The van der Waals surface area contributed by atoms with Crippen molar-refractivity contribution in [2.24, 2.45) is 0 Å². The van der Waals surface area contributed by atoms with E-state index in [2.05, 4.69) is 22.9 Å². The van der Waals surface area contributed by atoms with Gasteiger partial charge in [0, 0.05) is 10.0 Å². The van der Waals surface area contributed by atoms with Gasteiger partial charge in [-0.25, -0.2) is 0 Å². The van der Waals surface area contributed by atoms with E-state index in [1.165, 1.54) is 19.3 Å². The highest BCUT2D eigenvalue weighted by Gasteiger charge is 2.54. The van der Waals surface area contributed by atoms with Crippen molar-refractivity contribution < 1.29 is 19.0 Å². The molecule has 160 valence electrons. The fourth-order valence-corrected chi connectivity index (χ4v) is 4.33. The third kappa shape index (κ3) is 4.27. The number of fused-ring (bicyclic) bond motifs is 2. The maximum absolute atomic E-state index is 13.4. The first kappa shape index (κ1) is 21.3. The number of nitrogens with zero attached hydrogens (tertiary/aromatic N) is 1. The van der Waals surface area contributed by atoms with Crippen LogP contribution < -0.4 is 9.64 Å². The van der Waals surface area contributed by atoms with Crippen molar-refractivity contribution in [3.63, 3.8) is 0 Å². The average Bonchev–Trinajstić information content (AvgIpc) is 2.97. The number of benzene rings is 2. The number of carbonyl (C=O) groups is 1. The third-order valence-electron chi connectivity index (χ3n) is 5.56. The normalized spacial score (nSPS) is 17.4. The molecule has 2 aromatic rings.